The van der Waals surface area contributed by atoms with Crippen LogP contribution < -0.4 is 0 Å². The molecule has 6 heteroatoms. The van der Waals surface area contributed by atoms with Crippen LogP contribution in [0.5, 0.6) is 0 Å². The SMILES string of the molecule is CCOC(=O)CCC(C)(O)CCCC(F)(F)F. The fraction of sp³-hybridized carbons (Fsp3) is 0.909. The van der Waals surface area contributed by atoms with E-state index < -0.39 is 24.2 Å². The number of alkyl halides is 3. The molecule has 0 aromatic carbocycles. The van der Waals surface area contributed by atoms with E-state index in [9.17, 15) is 23.1 Å². The van der Waals surface area contributed by atoms with Crippen molar-refractivity contribution in [2.24, 2.45) is 0 Å². The molecule has 0 aromatic rings. The quantitative estimate of drug-likeness (QED) is 0.712. The molecule has 0 saturated carbocycles. The third kappa shape index (κ3) is 10.1. The number of aliphatic hydroxyl groups is 1. The predicted octanol–water partition coefficient (Wildman–Crippen LogP) is 2.81. The first-order chi connectivity index (χ1) is 7.66. The van der Waals surface area contributed by atoms with Gasteiger partial charge in [-0.2, -0.15) is 13.2 Å². The molecule has 102 valence electrons. The van der Waals surface area contributed by atoms with E-state index in [1.165, 1.54) is 6.92 Å². The van der Waals surface area contributed by atoms with Crippen molar-refractivity contribution in [2.75, 3.05) is 6.61 Å². The fourth-order valence-electron chi connectivity index (χ4n) is 1.40. The molecule has 0 heterocycles. The predicted molar refractivity (Wildman–Crippen MR) is 56.4 cm³/mol. The minimum absolute atomic E-state index is 0.0198. The molecule has 0 aliphatic carbocycles. The summed E-state index contributed by atoms with van der Waals surface area (Å²) in [5.41, 5.74) is -1.25. The summed E-state index contributed by atoms with van der Waals surface area (Å²) in [7, 11) is 0. The van der Waals surface area contributed by atoms with Crippen LogP contribution in [0.1, 0.15) is 46.0 Å². The van der Waals surface area contributed by atoms with Crippen LogP contribution in [0.25, 0.3) is 0 Å². The Morgan fingerprint density at radius 3 is 2.29 bits per heavy atom. The van der Waals surface area contributed by atoms with Crippen LogP contribution in [-0.4, -0.2) is 29.5 Å². The highest BCUT2D eigenvalue weighted by Gasteiger charge is 2.29. The van der Waals surface area contributed by atoms with Gasteiger partial charge in [-0.25, -0.2) is 0 Å². The zero-order valence-electron chi connectivity index (χ0n) is 10.1. The molecule has 0 fully saturated rings. The van der Waals surface area contributed by atoms with E-state index in [4.69, 9.17) is 0 Å². The molecule has 17 heavy (non-hydrogen) atoms. The topological polar surface area (TPSA) is 46.5 Å². The Labute approximate surface area is 99.0 Å². The molecule has 1 unspecified atom stereocenters. The largest absolute Gasteiger partial charge is 0.466 e. The third-order valence-electron chi connectivity index (χ3n) is 2.35. The highest BCUT2D eigenvalue weighted by Crippen LogP contribution is 2.26. The van der Waals surface area contributed by atoms with E-state index in [2.05, 4.69) is 4.74 Å². The number of carbonyl (C=O) groups excluding carboxylic acids is 1. The third-order valence-corrected chi connectivity index (χ3v) is 2.35. The Balaban J connectivity index is 3.83. The number of ether oxygens (including phenoxy) is 1. The van der Waals surface area contributed by atoms with Crippen molar-refractivity contribution in [3.8, 4) is 0 Å². The van der Waals surface area contributed by atoms with E-state index in [0.717, 1.165) is 0 Å². The Hall–Kier alpha value is -0.780. The van der Waals surface area contributed by atoms with E-state index in [1.807, 2.05) is 0 Å². The molecule has 1 atom stereocenters. The summed E-state index contributed by atoms with van der Waals surface area (Å²) in [6.45, 7) is 3.36. The molecule has 3 nitrogen and oxygen atoms in total. The number of esters is 1. The van der Waals surface area contributed by atoms with Crippen molar-refractivity contribution >= 4 is 5.97 Å². The van der Waals surface area contributed by atoms with Crippen molar-refractivity contribution in [3.05, 3.63) is 0 Å². The van der Waals surface area contributed by atoms with Gasteiger partial charge in [-0.1, -0.05) is 0 Å². The van der Waals surface area contributed by atoms with Crippen molar-refractivity contribution < 1.29 is 27.8 Å². The molecular weight excluding hydrogens is 237 g/mol. The van der Waals surface area contributed by atoms with Crippen molar-refractivity contribution in [1.29, 1.82) is 0 Å². The van der Waals surface area contributed by atoms with E-state index in [-0.39, 0.29) is 32.3 Å². The van der Waals surface area contributed by atoms with Gasteiger partial charge in [0.1, 0.15) is 0 Å². The molecule has 0 aromatic heterocycles. The Morgan fingerprint density at radius 1 is 1.24 bits per heavy atom. The first-order valence-electron chi connectivity index (χ1n) is 5.61. The zero-order chi connectivity index (χ0) is 13.5. The minimum atomic E-state index is -4.20. The molecule has 0 amide bonds. The highest BCUT2D eigenvalue weighted by molar-refractivity contribution is 5.69. The monoisotopic (exact) mass is 256 g/mol. The summed E-state index contributed by atoms with van der Waals surface area (Å²) in [6, 6.07) is 0. The average Bonchev–Trinajstić information content (AvgIpc) is 2.13. The number of hydrogen-bond donors (Lipinski definition) is 1. The first kappa shape index (κ1) is 16.2. The summed E-state index contributed by atoms with van der Waals surface area (Å²) < 4.78 is 40.3. The highest BCUT2D eigenvalue weighted by atomic mass is 19.4. The molecular formula is C11H19F3O3. The van der Waals surface area contributed by atoms with Crippen molar-refractivity contribution in [2.45, 2.75) is 57.7 Å². The second kappa shape index (κ2) is 6.83. The second-order valence-electron chi connectivity index (χ2n) is 4.27. The van der Waals surface area contributed by atoms with Gasteiger partial charge >= 0.3 is 12.1 Å². The number of carbonyl (C=O) groups is 1. The summed E-state index contributed by atoms with van der Waals surface area (Å²) >= 11 is 0. The van der Waals surface area contributed by atoms with Gasteiger partial charge in [-0.15, -0.1) is 0 Å². The lowest BCUT2D eigenvalue weighted by molar-refractivity contribution is -0.145. The zero-order valence-corrected chi connectivity index (χ0v) is 10.1. The van der Waals surface area contributed by atoms with E-state index in [0.29, 0.717) is 0 Å². The van der Waals surface area contributed by atoms with Gasteiger partial charge in [0.25, 0.3) is 0 Å². The van der Waals surface area contributed by atoms with Crippen LogP contribution in [0.15, 0.2) is 0 Å². The number of halogens is 3. The van der Waals surface area contributed by atoms with Gasteiger partial charge in [0.05, 0.1) is 12.2 Å². The van der Waals surface area contributed by atoms with Gasteiger partial charge < -0.3 is 9.84 Å². The Bertz CT molecular complexity index is 237. The van der Waals surface area contributed by atoms with E-state index >= 15 is 0 Å². The van der Waals surface area contributed by atoms with Crippen LogP contribution in [-0.2, 0) is 9.53 Å². The molecule has 0 aliphatic rings. The smallest absolute Gasteiger partial charge is 0.389 e. The summed E-state index contributed by atoms with van der Waals surface area (Å²) in [4.78, 5) is 11.0. The van der Waals surface area contributed by atoms with Gasteiger partial charge in [0.2, 0.25) is 0 Å². The second-order valence-corrected chi connectivity index (χ2v) is 4.27. The molecule has 0 rings (SSSR count). The molecule has 0 saturated heterocycles. The summed E-state index contributed by atoms with van der Waals surface area (Å²) in [5, 5.41) is 9.75. The fourth-order valence-corrected chi connectivity index (χ4v) is 1.40. The molecule has 0 bridgehead atoms. The van der Waals surface area contributed by atoms with Crippen molar-refractivity contribution in [3.63, 3.8) is 0 Å². The maximum absolute atomic E-state index is 11.9. The Kier molecular flexibility index (Phi) is 6.52. The maximum atomic E-state index is 11.9. The normalized spacial score (nSPS) is 15.4. The summed E-state index contributed by atoms with van der Waals surface area (Å²) in [5.74, 6) is -0.441. The van der Waals surface area contributed by atoms with Gasteiger partial charge in [0, 0.05) is 12.8 Å². The van der Waals surface area contributed by atoms with Crippen LogP contribution >= 0.6 is 0 Å². The molecule has 1 N–H and O–H groups in total. The number of rotatable bonds is 7. The van der Waals surface area contributed by atoms with Crippen molar-refractivity contribution in [1.82, 2.24) is 0 Å². The van der Waals surface area contributed by atoms with Crippen LogP contribution in [0.4, 0.5) is 13.2 Å². The van der Waals surface area contributed by atoms with Gasteiger partial charge in [-0.3, -0.25) is 4.79 Å². The molecule has 0 aliphatic heterocycles. The standard InChI is InChI=1S/C11H19F3O3/c1-3-17-9(15)5-8-10(2,16)6-4-7-11(12,13)14/h16H,3-8H2,1-2H3. The van der Waals surface area contributed by atoms with Crippen LogP contribution in [0, 0.1) is 0 Å². The summed E-state index contributed by atoms with van der Waals surface area (Å²) in [6.07, 6.45) is -5.10. The van der Waals surface area contributed by atoms with Crippen LogP contribution in [0.2, 0.25) is 0 Å². The van der Waals surface area contributed by atoms with Crippen LogP contribution in [0.3, 0.4) is 0 Å². The van der Waals surface area contributed by atoms with Gasteiger partial charge in [-0.05, 0) is 33.1 Å². The maximum Gasteiger partial charge on any atom is 0.389 e. The first-order valence-corrected chi connectivity index (χ1v) is 5.61. The average molecular weight is 256 g/mol. The molecule has 0 radical (unpaired) electrons. The van der Waals surface area contributed by atoms with Gasteiger partial charge in [0.15, 0.2) is 0 Å². The molecule has 0 spiro atoms. The Morgan fingerprint density at radius 2 is 1.82 bits per heavy atom. The lowest BCUT2D eigenvalue weighted by Gasteiger charge is -2.23. The van der Waals surface area contributed by atoms with E-state index in [1.54, 1.807) is 6.92 Å². The number of hydrogen-bond acceptors (Lipinski definition) is 3. The minimum Gasteiger partial charge on any atom is -0.466 e. The lowest BCUT2D eigenvalue weighted by atomic mass is 9.93. The lowest BCUT2D eigenvalue weighted by Crippen LogP contribution is -2.26.